The standard InChI is InChI=1S/C8H11FN2.C7H6FNO.CH4/c1-6-3-7(4-10-2)5-11-8(6)9;1-5-2-6(4-10)3-9-7(5)8;/h3,5,10H,4H2,1-2H3;2-4H,1H3;1H4. The third kappa shape index (κ3) is 6.05. The van der Waals surface area contributed by atoms with Gasteiger partial charge in [0.15, 0.2) is 6.29 Å². The molecule has 120 valence electrons. The van der Waals surface area contributed by atoms with E-state index < -0.39 is 5.95 Å². The van der Waals surface area contributed by atoms with Crippen LogP contribution in [0.4, 0.5) is 8.78 Å². The summed E-state index contributed by atoms with van der Waals surface area (Å²) in [6.07, 6.45) is 3.38. The Kier molecular flexibility index (Phi) is 8.70. The molecule has 0 aromatic carbocycles. The number of hydrogen-bond acceptors (Lipinski definition) is 4. The summed E-state index contributed by atoms with van der Waals surface area (Å²) in [5, 5.41) is 2.97. The van der Waals surface area contributed by atoms with Crippen molar-refractivity contribution in [1.82, 2.24) is 15.3 Å². The van der Waals surface area contributed by atoms with Gasteiger partial charge >= 0.3 is 0 Å². The number of rotatable bonds is 3. The van der Waals surface area contributed by atoms with E-state index in [9.17, 15) is 13.6 Å². The Labute approximate surface area is 129 Å². The fraction of sp³-hybridized carbons (Fsp3) is 0.312. The normalized spacial score (nSPS) is 9.32. The lowest BCUT2D eigenvalue weighted by molar-refractivity contribution is 0.112. The summed E-state index contributed by atoms with van der Waals surface area (Å²) in [5.41, 5.74) is 2.40. The van der Waals surface area contributed by atoms with Crippen molar-refractivity contribution in [2.24, 2.45) is 0 Å². The van der Waals surface area contributed by atoms with E-state index in [0.717, 1.165) is 12.1 Å². The summed E-state index contributed by atoms with van der Waals surface area (Å²) in [7, 11) is 1.85. The van der Waals surface area contributed by atoms with Gasteiger partial charge in [0.2, 0.25) is 11.9 Å². The Balaban J connectivity index is 0.000000385. The maximum atomic E-state index is 12.6. The molecule has 0 spiro atoms. The lowest BCUT2D eigenvalue weighted by atomic mass is 10.2. The van der Waals surface area contributed by atoms with Crippen LogP contribution >= 0.6 is 0 Å². The van der Waals surface area contributed by atoms with Crippen molar-refractivity contribution in [3.63, 3.8) is 0 Å². The molecular formula is C16H21F2N3O. The van der Waals surface area contributed by atoms with Crippen LogP contribution in [0.3, 0.4) is 0 Å². The van der Waals surface area contributed by atoms with Gasteiger partial charge in [0, 0.05) is 35.6 Å². The van der Waals surface area contributed by atoms with Crippen LogP contribution in [0.15, 0.2) is 24.5 Å². The summed E-state index contributed by atoms with van der Waals surface area (Å²) in [4.78, 5) is 17.0. The number of carbonyl (C=O) groups excluding carboxylic acids is 1. The van der Waals surface area contributed by atoms with E-state index in [2.05, 4.69) is 15.3 Å². The minimum atomic E-state index is -0.523. The highest BCUT2D eigenvalue weighted by Gasteiger charge is 1.98. The summed E-state index contributed by atoms with van der Waals surface area (Å²) >= 11 is 0. The highest BCUT2D eigenvalue weighted by Crippen LogP contribution is 2.05. The number of aromatic nitrogens is 2. The highest BCUT2D eigenvalue weighted by molar-refractivity contribution is 5.74. The zero-order valence-corrected chi connectivity index (χ0v) is 12.2. The summed E-state index contributed by atoms with van der Waals surface area (Å²) < 4.78 is 25.0. The summed E-state index contributed by atoms with van der Waals surface area (Å²) in [5.74, 6) is -0.907. The topological polar surface area (TPSA) is 54.9 Å². The minimum Gasteiger partial charge on any atom is -0.316 e. The maximum Gasteiger partial charge on any atom is 0.215 e. The first kappa shape index (κ1) is 19.8. The van der Waals surface area contributed by atoms with Gasteiger partial charge in [-0.3, -0.25) is 4.79 Å². The van der Waals surface area contributed by atoms with Gasteiger partial charge in [-0.2, -0.15) is 8.78 Å². The predicted octanol–water partition coefficient (Wildman–Crippen LogP) is 3.23. The van der Waals surface area contributed by atoms with Gasteiger partial charge in [-0.05, 0) is 38.6 Å². The van der Waals surface area contributed by atoms with Crippen molar-refractivity contribution in [2.75, 3.05) is 7.05 Å². The van der Waals surface area contributed by atoms with Crippen LogP contribution in [-0.2, 0) is 6.54 Å². The SMILES string of the molecule is C.CNCc1cnc(F)c(C)c1.Cc1cc(C=O)cnc1F. The van der Waals surface area contributed by atoms with Crippen LogP contribution in [0, 0.1) is 25.7 Å². The first-order valence-corrected chi connectivity index (χ1v) is 6.31. The van der Waals surface area contributed by atoms with Crippen LogP contribution < -0.4 is 5.32 Å². The zero-order chi connectivity index (χ0) is 15.8. The van der Waals surface area contributed by atoms with E-state index in [0.29, 0.717) is 23.0 Å². The second kappa shape index (κ2) is 9.68. The van der Waals surface area contributed by atoms with E-state index in [1.165, 1.54) is 12.3 Å². The molecule has 2 rings (SSSR count). The number of nitrogens with zero attached hydrogens (tertiary/aromatic N) is 2. The average Bonchev–Trinajstić information content (AvgIpc) is 2.47. The molecule has 2 aromatic heterocycles. The molecule has 0 saturated heterocycles. The molecule has 6 heteroatoms. The van der Waals surface area contributed by atoms with Gasteiger partial charge in [0.05, 0.1) is 0 Å². The lowest BCUT2D eigenvalue weighted by Gasteiger charge is -2.00. The van der Waals surface area contributed by atoms with Gasteiger partial charge in [-0.25, -0.2) is 9.97 Å². The molecule has 0 atom stereocenters. The third-order valence-electron chi connectivity index (χ3n) is 2.62. The van der Waals surface area contributed by atoms with Crippen molar-refractivity contribution in [1.29, 1.82) is 0 Å². The van der Waals surface area contributed by atoms with Gasteiger partial charge < -0.3 is 5.32 Å². The molecule has 0 bridgehead atoms. The zero-order valence-electron chi connectivity index (χ0n) is 12.2. The van der Waals surface area contributed by atoms with Crippen molar-refractivity contribution >= 4 is 6.29 Å². The number of carbonyl (C=O) groups is 1. The monoisotopic (exact) mass is 309 g/mol. The quantitative estimate of drug-likeness (QED) is 0.698. The molecule has 22 heavy (non-hydrogen) atoms. The van der Waals surface area contributed by atoms with Gasteiger partial charge in [-0.15, -0.1) is 0 Å². The molecule has 1 N–H and O–H groups in total. The number of nitrogens with one attached hydrogen (secondary N) is 1. The van der Waals surface area contributed by atoms with E-state index in [-0.39, 0.29) is 13.4 Å². The first-order valence-electron chi connectivity index (χ1n) is 6.31. The maximum absolute atomic E-state index is 12.6. The fourth-order valence-corrected chi connectivity index (χ4v) is 1.56. The number of aldehydes is 1. The third-order valence-corrected chi connectivity index (χ3v) is 2.62. The molecule has 4 nitrogen and oxygen atoms in total. The van der Waals surface area contributed by atoms with Crippen LogP contribution in [0.1, 0.15) is 34.5 Å². The smallest absolute Gasteiger partial charge is 0.215 e. The van der Waals surface area contributed by atoms with Gasteiger partial charge in [-0.1, -0.05) is 7.43 Å². The van der Waals surface area contributed by atoms with Gasteiger partial charge in [0.25, 0.3) is 0 Å². The van der Waals surface area contributed by atoms with Crippen LogP contribution in [-0.4, -0.2) is 23.3 Å². The molecule has 0 amide bonds. The Morgan fingerprint density at radius 2 is 1.64 bits per heavy atom. The molecular weight excluding hydrogens is 288 g/mol. The Morgan fingerprint density at radius 1 is 1.09 bits per heavy atom. The highest BCUT2D eigenvalue weighted by atomic mass is 19.1. The molecule has 2 aromatic rings. The van der Waals surface area contributed by atoms with Crippen LogP contribution in [0.5, 0.6) is 0 Å². The second-order valence-electron chi connectivity index (χ2n) is 4.48. The average molecular weight is 309 g/mol. The number of aryl methyl sites for hydroxylation is 2. The van der Waals surface area contributed by atoms with Crippen molar-refractivity contribution in [3.05, 3.63) is 58.7 Å². The molecule has 0 aliphatic heterocycles. The van der Waals surface area contributed by atoms with E-state index in [1.54, 1.807) is 26.1 Å². The molecule has 0 fully saturated rings. The van der Waals surface area contributed by atoms with Crippen molar-refractivity contribution in [3.8, 4) is 0 Å². The summed E-state index contributed by atoms with van der Waals surface area (Å²) in [6, 6.07) is 3.24. The number of pyridine rings is 2. The number of halogens is 2. The largest absolute Gasteiger partial charge is 0.316 e. The minimum absolute atomic E-state index is 0. The molecule has 2 heterocycles. The van der Waals surface area contributed by atoms with E-state index in [4.69, 9.17) is 0 Å². The molecule has 0 aliphatic carbocycles. The molecule has 0 aliphatic rings. The number of hydrogen-bond donors (Lipinski definition) is 1. The second-order valence-corrected chi connectivity index (χ2v) is 4.48. The molecule has 0 saturated carbocycles. The summed E-state index contributed by atoms with van der Waals surface area (Å²) in [6.45, 7) is 4.00. The van der Waals surface area contributed by atoms with E-state index >= 15 is 0 Å². The Morgan fingerprint density at radius 3 is 2.09 bits per heavy atom. The fourth-order valence-electron chi connectivity index (χ4n) is 1.56. The Bertz CT molecular complexity index is 618. The molecule has 0 radical (unpaired) electrons. The lowest BCUT2D eigenvalue weighted by Crippen LogP contribution is -2.06. The van der Waals surface area contributed by atoms with Gasteiger partial charge in [0.1, 0.15) is 0 Å². The van der Waals surface area contributed by atoms with Crippen molar-refractivity contribution in [2.45, 2.75) is 27.8 Å². The van der Waals surface area contributed by atoms with E-state index in [1.807, 2.05) is 7.05 Å². The predicted molar refractivity (Wildman–Crippen MR) is 82.7 cm³/mol. The van der Waals surface area contributed by atoms with Crippen LogP contribution in [0.25, 0.3) is 0 Å². The van der Waals surface area contributed by atoms with Crippen molar-refractivity contribution < 1.29 is 13.6 Å². The molecule has 0 unspecified atom stereocenters. The Hall–Kier alpha value is -2.21. The first-order chi connectivity index (χ1) is 9.97. The van der Waals surface area contributed by atoms with Crippen LogP contribution in [0.2, 0.25) is 0 Å².